The van der Waals surface area contributed by atoms with E-state index in [0.29, 0.717) is 6.54 Å². The topological polar surface area (TPSA) is 24.7 Å². The van der Waals surface area contributed by atoms with Crippen LogP contribution in [0.25, 0.3) is 43.8 Å². The smallest absolute Gasteiger partial charge is 0.0781 e. The summed E-state index contributed by atoms with van der Waals surface area (Å²) in [6.07, 6.45) is 0. The first-order chi connectivity index (χ1) is 27.3. The van der Waals surface area contributed by atoms with Gasteiger partial charge in [-0.05, 0) is 67.6 Å². The van der Waals surface area contributed by atoms with Crippen LogP contribution in [0.15, 0.2) is 228 Å². The highest BCUT2D eigenvalue weighted by atomic mass is 14.7. The van der Waals surface area contributed by atoms with Gasteiger partial charge in [-0.3, -0.25) is 4.99 Å². The van der Waals surface area contributed by atoms with Crippen molar-refractivity contribution in [1.29, 1.82) is 0 Å². The lowest BCUT2D eigenvalue weighted by molar-refractivity contribution is 1.07. The summed E-state index contributed by atoms with van der Waals surface area (Å²) >= 11 is 0. The van der Waals surface area contributed by atoms with E-state index in [1.165, 1.54) is 43.8 Å². The van der Waals surface area contributed by atoms with Gasteiger partial charge in [-0.1, -0.05) is 200 Å². The Morgan fingerprint density at radius 3 is 1.16 bits per heavy atom. The van der Waals surface area contributed by atoms with Crippen molar-refractivity contribution in [3.63, 3.8) is 0 Å². The van der Waals surface area contributed by atoms with Crippen LogP contribution >= 0.6 is 0 Å². The highest BCUT2D eigenvalue weighted by molar-refractivity contribution is 6.22. The number of nitrogens with zero attached hydrogens (tertiary/aromatic N) is 2. The van der Waals surface area contributed by atoms with Crippen molar-refractivity contribution >= 4 is 38.7 Å². The summed E-state index contributed by atoms with van der Waals surface area (Å²) in [6, 6.07) is 77.1. The molecular weight excluding hydrogens is 665 g/mol. The van der Waals surface area contributed by atoms with E-state index in [9.17, 15) is 0 Å². The maximum absolute atomic E-state index is 5.37. The van der Waals surface area contributed by atoms with E-state index >= 15 is 0 Å². The number of rotatable bonds is 9. The summed E-state index contributed by atoms with van der Waals surface area (Å²) in [6.45, 7) is 0.553. The van der Waals surface area contributed by atoms with E-state index in [0.717, 1.165) is 44.9 Å². The first-order valence-corrected chi connectivity index (χ1v) is 18.8. The molecule has 0 heterocycles. The summed E-state index contributed by atoms with van der Waals surface area (Å²) in [7, 11) is 0. The van der Waals surface area contributed by atoms with E-state index in [1.807, 2.05) is 12.1 Å². The molecule has 0 fully saturated rings. The Bertz CT molecular complexity index is 2690. The van der Waals surface area contributed by atoms with Crippen molar-refractivity contribution < 1.29 is 0 Å². The quantitative estimate of drug-likeness (QED) is 0.106. The van der Waals surface area contributed by atoms with Crippen LogP contribution in [0.3, 0.4) is 0 Å². The molecule has 0 aromatic heterocycles. The normalized spacial score (nSPS) is 11.0. The van der Waals surface area contributed by atoms with Crippen LogP contribution in [-0.2, 0) is 6.54 Å². The number of hydrogen-bond donors (Lipinski definition) is 0. The Hall–Kier alpha value is -7.16. The number of aliphatic imine (C=N–C) groups is 2. The third-order valence-corrected chi connectivity index (χ3v) is 10.1. The molecule has 55 heavy (non-hydrogen) atoms. The lowest BCUT2D eigenvalue weighted by atomic mass is 9.85. The van der Waals surface area contributed by atoms with Gasteiger partial charge in [0.1, 0.15) is 0 Å². The van der Waals surface area contributed by atoms with E-state index in [1.54, 1.807) is 0 Å². The Labute approximate surface area is 322 Å². The van der Waals surface area contributed by atoms with E-state index in [4.69, 9.17) is 9.98 Å². The summed E-state index contributed by atoms with van der Waals surface area (Å²) < 4.78 is 0. The van der Waals surface area contributed by atoms with Gasteiger partial charge in [0.25, 0.3) is 0 Å². The molecule has 9 aromatic carbocycles. The molecule has 0 aliphatic rings. The molecular formula is C53H38N2. The third-order valence-electron chi connectivity index (χ3n) is 10.1. The van der Waals surface area contributed by atoms with Crippen molar-refractivity contribution in [3.05, 3.63) is 246 Å². The Kier molecular flexibility index (Phi) is 9.45. The molecule has 0 atom stereocenters. The molecule has 0 aliphatic carbocycles. The van der Waals surface area contributed by atoms with E-state index in [2.05, 4.69) is 206 Å². The van der Waals surface area contributed by atoms with Crippen molar-refractivity contribution in [1.82, 2.24) is 0 Å². The highest BCUT2D eigenvalue weighted by Gasteiger charge is 2.18. The molecule has 0 radical (unpaired) electrons. The van der Waals surface area contributed by atoms with Gasteiger partial charge < -0.3 is 0 Å². The Morgan fingerprint density at radius 1 is 0.327 bits per heavy atom. The van der Waals surface area contributed by atoms with Gasteiger partial charge in [0.15, 0.2) is 0 Å². The minimum atomic E-state index is 0.553. The maximum atomic E-state index is 5.37. The second kappa shape index (κ2) is 15.4. The summed E-state index contributed by atoms with van der Waals surface area (Å²) in [4.78, 5) is 10.7. The van der Waals surface area contributed by atoms with Gasteiger partial charge in [0.2, 0.25) is 0 Å². The molecule has 9 aromatic rings. The van der Waals surface area contributed by atoms with Crippen LogP contribution in [0.2, 0.25) is 0 Å². The largest absolute Gasteiger partial charge is 0.279 e. The molecule has 0 N–H and O–H groups in total. The molecule has 0 unspecified atom stereocenters. The predicted octanol–water partition coefficient (Wildman–Crippen LogP) is 13.5. The van der Waals surface area contributed by atoms with Gasteiger partial charge >= 0.3 is 0 Å². The summed E-state index contributed by atoms with van der Waals surface area (Å²) in [5.41, 5.74) is 13.1. The lowest BCUT2D eigenvalue weighted by Gasteiger charge is -2.19. The molecule has 0 saturated carbocycles. The predicted molar refractivity (Wildman–Crippen MR) is 233 cm³/mol. The average Bonchev–Trinajstić information content (AvgIpc) is 3.26. The molecule has 2 heteroatoms. The molecule has 0 spiro atoms. The monoisotopic (exact) mass is 702 g/mol. The zero-order valence-corrected chi connectivity index (χ0v) is 30.4. The zero-order chi connectivity index (χ0) is 36.8. The molecule has 0 bridgehead atoms. The molecule has 2 nitrogen and oxygen atoms in total. The van der Waals surface area contributed by atoms with Gasteiger partial charge in [-0.2, -0.15) is 0 Å². The first-order valence-electron chi connectivity index (χ1n) is 18.8. The summed E-state index contributed by atoms with van der Waals surface area (Å²) in [5, 5.41) is 4.76. The van der Waals surface area contributed by atoms with Crippen LogP contribution in [0.1, 0.15) is 27.8 Å². The van der Waals surface area contributed by atoms with Crippen LogP contribution in [0.5, 0.6) is 0 Å². The van der Waals surface area contributed by atoms with Crippen molar-refractivity contribution in [2.45, 2.75) is 6.54 Å². The van der Waals surface area contributed by atoms with Crippen molar-refractivity contribution in [3.8, 4) is 22.3 Å². The van der Waals surface area contributed by atoms with E-state index in [-0.39, 0.29) is 0 Å². The molecule has 0 amide bonds. The van der Waals surface area contributed by atoms with Crippen molar-refractivity contribution in [2.75, 3.05) is 0 Å². The zero-order valence-electron chi connectivity index (χ0n) is 30.4. The minimum Gasteiger partial charge on any atom is -0.279 e. The molecule has 0 saturated heterocycles. The molecule has 0 aliphatic heterocycles. The van der Waals surface area contributed by atoms with Crippen molar-refractivity contribution in [2.24, 2.45) is 9.98 Å². The number of fused-ring (bicyclic) bond motifs is 2. The van der Waals surface area contributed by atoms with Crippen LogP contribution in [0.4, 0.5) is 5.69 Å². The first kappa shape index (κ1) is 33.7. The fraction of sp³-hybridized carbons (Fsp3) is 0.0189. The standard InChI is InChI=1S/C53H38N2/c1-7-19-39(20-8-1)50-47-34-32-45(55-53(43-27-15-5-16-28-43)44-29-17-6-18-30-44)36-49(47)51(40-21-9-2-10-22-40)46-33-31-38(35-48(46)50)37-54-52(41-23-11-3-12-24-41)42-25-13-4-14-26-42/h1-36H,37H2. The Morgan fingerprint density at radius 2 is 0.709 bits per heavy atom. The molecule has 9 rings (SSSR count). The van der Waals surface area contributed by atoms with E-state index < -0.39 is 0 Å². The van der Waals surface area contributed by atoms with Crippen LogP contribution in [-0.4, -0.2) is 11.4 Å². The fourth-order valence-corrected chi connectivity index (χ4v) is 7.59. The number of hydrogen-bond acceptors (Lipinski definition) is 2. The summed E-state index contributed by atoms with van der Waals surface area (Å²) in [5.74, 6) is 0. The Balaban J connectivity index is 1.27. The lowest BCUT2D eigenvalue weighted by Crippen LogP contribution is -2.04. The van der Waals surface area contributed by atoms with Gasteiger partial charge in [-0.25, -0.2) is 4.99 Å². The SMILES string of the molecule is c1ccc(C(=NCc2ccc3c(-c4ccccc4)c4cc(N=C(c5ccccc5)c5ccccc5)ccc4c(-c4ccccc4)c3c2)c2ccccc2)cc1. The van der Waals surface area contributed by atoms with Crippen LogP contribution < -0.4 is 0 Å². The van der Waals surface area contributed by atoms with Gasteiger partial charge in [0.05, 0.1) is 23.7 Å². The van der Waals surface area contributed by atoms with Crippen LogP contribution in [0, 0.1) is 0 Å². The van der Waals surface area contributed by atoms with Gasteiger partial charge in [0, 0.05) is 22.3 Å². The van der Waals surface area contributed by atoms with Gasteiger partial charge in [-0.15, -0.1) is 0 Å². The second-order valence-corrected chi connectivity index (χ2v) is 13.7. The third kappa shape index (κ3) is 7.02. The number of benzene rings is 9. The molecule has 260 valence electrons. The second-order valence-electron chi connectivity index (χ2n) is 13.7. The average molecular weight is 703 g/mol. The minimum absolute atomic E-state index is 0.553. The maximum Gasteiger partial charge on any atom is 0.0781 e. The highest BCUT2D eigenvalue weighted by Crippen LogP contribution is 2.45. The fourth-order valence-electron chi connectivity index (χ4n) is 7.59.